The SMILES string of the molecule is COc1ccc2ncnc(Nc3ccc(S(=O)(=O)c4ccccc4)cc3)c2c1-c1ccc(CN)o1. The van der Waals surface area contributed by atoms with Crippen molar-refractivity contribution < 1.29 is 17.6 Å². The fourth-order valence-electron chi connectivity index (χ4n) is 3.85. The third-order valence-electron chi connectivity index (χ3n) is 5.58. The molecule has 0 unspecified atom stereocenters. The Balaban J connectivity index is 1.56. The molecular weight excluding hydrogens is 464 g/mol. The number of nitrogens with one attached hydrogen (secondary N) is 1. The first kappa shape index (κ1) is 22.6. The molecule has 176 valence electrons. The van der Waals surface area contributed by atoms with Crippen LogP contribution in [-0.2, 0) is 16.4 Å². The summed E-state index contributed by atoms with van der Waals surface area (Å²) in [6.45, 7) is 0.271. The summed E-state index contributed by atoms with van der Waals surface area (Å²) in [6.07, 6.45) is 1.46. The number of benzene rings is 3. The van der Waals surface area contributed by atoms with Crippen LogP contribution in [0.2, 0.25) is 0 Å². The van der Waals surface area contributed by atoms with Crippen LogP contribution in [0.5, 0.6) is 5.75 Å². The zero-order valence-corrected chi connectivity index (χ0v) is 19.6. The van der Waals surface area contributed by atoms with Crippen LogP contribution in [-0.4, -0.2) is 25.5 Å². The Hall–Kier alpha value is -4.21. The second-order valence-corrected chi connectivity index (χ2v) is 9.64. The summed E-state index contributed by atoms with van der Waals surface area (Å²) < 4.78 is 37.3. The largest absolute Gasteiger partial charge is 0.496 e. The van der Waals surface area contributed by atoms with Crippen LogP contribution in [0.4, 0.5) is 11.5 Å². The molecule has 9 heteroatoms. The van der Waals surface area contributed by atoms with E-state index >= 15 is 0 Å². The van der Waals surface area contributed by atoms with E-state index in [0.717, 1.165) is 0 Å². The van der Waals surface area contributed by atoms with Crippen molar-refractivity contribution in [3.8, 4) is 17.1 Å². The number of hydrogen-bond donors (Lipinski definition) is 2. The maximum Gasteiger partial charge on any atom is 0.206 e. The average Bonchev–Trinajstić information content (AvgIpc) is 3.38. The second kappa shape index (κ2) is 9.21. The molecule has 0 aliphatic heterocycles. The molecule has 0 aliphatic rings. The smallest absolute Gasteiger partial charge is 0.206 e. The number of ether oxygens (including phenoxy) is 1. The van der Waals surface area contributed by atoms with Gasteiger partial charge in [0.05, 0.1) is 39.9 Å². The van der Waals surface area contributed by atoms with Crippen molar-refractivity contribution in [1.82, 2.24) is 9.97 Å². The number of anilines is 2. The van der Waals surface area contributed by atoms with Crippen LogP contribution < -0.4 is 15.8 Å². The molecule has 0 spiro atoms. The van der Waals surface area contributed by atoms with Crippen LogP contribution in [0.15, 0.2) is 99.4 Å². The van der Waals surface area contributed by atoms with Gasteiger partial charge >= 0.3 is 0 Å². The maximum atomic E-state index is 12.9. The number of rotatable bonds is 7. The standard InChI is InChI=1S/C26H22N4O4S/c1-33-22-14-12-21-24(25(22)23-13-9-18(15-27)34-23)26(29-16-28-21)30-17-7-10-20(11-8-17)35(31,32)19-5-3-2-4-6-19/h2-14,16H,15,27H2,1H3,(H,28,29,30). The van der Waals surface area contributed by atoms with Gasteiger partial charge < -0.3 is 20.2 Å². The Bertz CT molecular complexity index is 1600. The number of hydrogen-bond acceptors (Lipinski definition) is 8. The van der Waals surface area contributed by atoms with Gasteiger partial charge in [0.15, 0.2) is 0 Å². The molecule has 2 heterocycles. The molecule has 3 aromatic carbocycles. The van der Waals surface area contributed by atoms with E-state index in [9.17, 15) is 8.42 Å². The molecule has 0 aliphatic carbocycles. The topological polar surface area (TPSA) is 120 Å². The van der Waals surface area contributed by atoms with Crippen molar-refractivity contribution in [2.24, 2.45) is 5.73 Å². The molecule has 5 aromatic rings. The third-order valence-corrected chi connectivity index (χ3v) is 7.36. The van der Waals surface area contributed by atoms with E-state index < -0.39 is 9.84 Å². The van der Waals surface area contributed by atoms with Gasteiger partial charge in [-0.15, -0.1) is 0 Å². The number of methoxy groups -OCH3 is 1. The van der Waals surface area contributed by atoms with E-state index in [4.69, 9.17) is 14.9 Å². The van der Waals surface area contributed by atoms with Crippen LogP contribution in [0.3, 0.4) is 0 Å². The fourth-order valence-corrected chi connectivity index (χ4v) is 5.14. The van der Waals surface area contributed by atoms with Gasteiger partial charge in [-0.3, -0.25) is 0 Å². The second-order valence-electron chi connectivity index (χ2n) is 7.70. The first-order valence-corrected chi connectivity index (χ1v) is 12.3. The summed E-state index contributed by atoms with van der Waals surface area (Å²) in [5.74, 6) is 2.33. The molecule has 0 saturated carbocycles. The van der Waals surface area contributed by atoms with Gasteiger partial charge in [-0.2, -0.15) is 0 Å². The van der Waals surface area contributed by atoms with Gasteiger partial charge in [-0.25, -0.2) is 18.4 Å². The highest BCUT2D eigenvalue weighted by molar-refractivity contribution is 7.91. The Kier molecular flexibility index (Phi) is 5.94. The normalized spacial score (nSPS) is 11.5. The highest BCUT2D eigenvalue weighted by Crippen LogP contribution is 2.40. The van der Waals surface area contributed by atoms with Crippen LogP contribution in [0.1, 0.15) is 5.76 Å². The predicted octanol–water partition coefficient (Wildman–Crippen LogP) is 4.93. The van der Waals surface area contributed by atoms with E-state index in [1.54, 1.807) is 61.7 Å². The number of nitrogens with zero attached hydrogens (tertiary/aromatic N) is 2. The lowest BCUT2D eigenvalue weighted by Crippen LogP contribution is -2.02. The van der Waals surface area contributed by atoms with Crippen LogP contribution in [0, 0.1) is 0 Å². The summed E-state index contributed by atoms with van der Waals surface area (Å²) in [6, 6.07) is 22.2. The van der Waals surface area contributed by atoms with Crippen molar-refractivity contribution >= 4 is 32.2 Å². The fraction of sp³-hybridized carbons (Fsp3) is 0.0769. The van der Waals surface area contributed by atoms with Gasteiger partial charge in [0.1, 0.15) is 29.4 Å². The minimum Gasteiger partial charge on any atom is -0.496 e. The Morgan fingerprint density at radius 1 is 0.914 bits per heavy atom. The van der Waals surface area contributed by atoms with Gasteiger partial charge in [-0.05, 0) is 60.7 Å². The zero-order valence-electron chi connectivity index (χ0n) is 18.8. The molecule has 3 N–H and O–H groups in total. The van der Waals surface area contributed by atoms with Crippen molar-refractivity contribution in [2.75, 3.05) is 12.4 Å². The summed E-state index contributed by atoms with van der Waals surface area (Å²) in [5, 5.41) is 3.98. The highest BCUT2D eigenvalue weighted by Gasteiger charge is 2.20. The molecule has 0 amide bonds. The minimum absolute atomic E-state index is 0.203. The number of aromatic nitrogens is 2. The summed E-state index contributed by atoms with van der Waals surface area (Å²) in [4.78, 5) is 9.29. The number of fused-ring (bicyclic) bond motifs is 1. The lowest BCUT2D eigenvalue weighted by molar-refractivity contribution is 0.414. The van der Waals surface area contributed by atoms with Crippen molar-refractivity contribution in [3.63, 3.8) is 0 Å². The average molecular weight is 487 g/mol. The Morgan fingerprint density at radius 3 is 2.34 bits per heavy atom. The number of furan rings is 1. The van der Waals surface area contributed by atoms with Gasteiger partial charge in [0.25, 0.3) is 0 Å². The highest BCUT2D eigenvalue weighted by atomic mass is 32.2. The molecule has 0 atom stereocenters. The molecule has 0 radical (unpaired) electrons. The Morgan fingerprint density at radius 2 is 1.66 bits per heavy atom. The van der Waals surface area contributed by atoms with Crippen molar-refractivity contribution in [2.45, 2.75) is 16.3 Å². The van der Waals surface area contributed by atoms with Crippen molar-refractivity contribution in [3.05, 3.63) is 91.0 Å². The zero-order chi connectivity index (χ0) is 24.4. The number of sulfone groups is 1. The third kappa shape index (κ3) is 4.23. The molecule has 0 fully saturated rings. The Labute approximate surface area is 202 Å². The quantitative estimate of drug-likeness (QED) is 0.332. The van der Waals surface area contributed by atoms with Gasteiger partial charge in [0.2, 0.25) is 9.84 Å². The van der Waals surface area contributed by atoms with Crippen LogP contribution >= 0.6 is 0 Å². The molecule has 0 bridgehead atoms. The first-order valence-electron chi connectivity index (χ1n) is 10.8. The van der Waals surface area contributed by atoms with Crippen molar-refractivity contribution in [1.29, 1.82) is 0 Å². The maximum absolute atomic E-state index is 12.9. The van der Waals surface area contributed by atoms with Gasteiger partial charge in [-0.1, -0.05) is 18.2 Å². The summed E-state index contributed by atoms with van der Waals surface area (Å²) in [5.41, 5.74) is 7.77. The summed E-state index contributed by atoms with van der Waals surface area (Å²) in [7, 11) is -2.02. The van der Waals surface area contributed by atoms with E-state index in [1.807, 2.05) is 24.3 Å². The van der Waals surface area contributed by atoms with Crippen LogP contribution in [0.25, 0.3) is 22.2 Å². The lowest BCUT2D eigenvalue weighted by atomic mass is 10.0. The monoisotopic (exact) mass is 486 g/mol. The van der Waals surface area contributed by atoms with E-state index in [1.165, 1.54) is 6.33 Å². The lowest BCUT2D eigenvalue weighted by Gasteiger charge is -2.14. The first-order chi connectivity index (χ1) is 17.0. The predicted molar refractivity (Wildman–Crippen MR) is 133 cm³/mol. The molecule has 35 heavy (non-hydrogen) atoms. The minimum atomic E-state index is -3.61. The van der Waals surface area contributed by atoms with E-state index in [-0.39, 0.29) is 16.3 Å². The van der Waals surface area contributed by atoms with Gasteiger partial charge in [0, 0.05) is 5.69 Å². The molecule has 0 saturated heterocycles. The van der Waals surface area contributed by atoms with E-state index in [2.05, 4.69) is 15.3 Å². The molecular formula is C26H22N4O4S. The summed E-state index contributed by atoms with van der Waals surface area (Å²) >= 11 is 0. The molecule has 2 aromatic heterocycles. The molecule has 8 nitrogen and oxygen atoms in total. The number of nitrogens with two attached hydrogens (primary N) is 1. The van der Waals surface area contributed by atoms with E-state index in [0.29, 0.717) is 45.2 Å². The molecule has 5 rings (SSSR count).